The Bertz CT molecular complexity index is 821. The Morgan fingerprint density at radius 2 is 1.43 bits per heavy atom. The lowest BCUT2D eigenvalue weighted by atomic mass is 10.1. The predicted molar refractivity (Wildman–Crippen MR) is 80.6 cm³/mol. The van der Waals surface area contributed by atoms with Gasteiger partial charge in [0.15, 0.2) is 0 Å². The fraction of sp³-hybridized carbons (Fsp3) is 0.250. The molecule has 2 aromatic carbocycles. The second kappa shape index (κ2) is 5.07. The summed E-state index contributed by atoms with van der Waals surface area (Å²) in [6.45, 7) is 6.81. The minimum absolute atomic E-state index is 0.00889. The fourth-order valence-corrected chi connectivity index (χ4v) is 4.21. The van der Waals surface area contributed by atoms with Crippen LogP contribution in [-0.2, 0) is 9.84 Å². The van der Waals surface area contributed by atoms with Crippen molar-refractivity contribution in [1.29, 1.82) is 0 Å². The number of sulfone groups is 1. The molecule has 4 nitrogen and oxygen atoms in total. The van der Waals surface area contributed by atoms with Gasteiger partial charge in [0.1, 0.15) is 16.4 Å². The van der Waals surface area contributed by atoms with Gasteiger partial charge in [-0.15, -0.1) is 0 Å². The van der Waals surface area contributed by atoms with Crippen molar-refractivity contribution in [3.05, 3.63) is 46.5 Å². The normalized spacial score (nSPS) is 11.6. The van der Waals surface area contributed by atoms with Crippen molar-refractivity contribution in [2.45, 2.75) is 37.5 Å². The highest BCUT2D eigenvalue weighted by Crippen LogP contribution is 2.36. The highest BCUT2D eigenvalue weighted by atomic mass is 32.2. The molecule has 2 aromatic rings. The number of phenolic OH excluding ortho intramolecular Hbond substituents is 2. The Morgan fingerprint density at radius 3 is 2.05 bits per heavy atom. The monoisotopic (exact) mass is 306 g/mol. The molecule has 0 aromatic heterocycles. The molecule has 0 saturated carbocycles. The van der Waals surface area contributed by atoms with E-state index in [2.05, 4.69) is 0 Å². The highest BCUT2D eigenvalue weighted by Gasteiger charge is 2.27. The lowest BCUT2D eigenvalue weighted by Gasteiger charge is -2.14. The van der Waals surface area contributed by atoms with Gasteiger partial charge in [0.25, 0.3) is 0 Å². The van der Waals surface area contributed by atoms with E-state index < -0.39 is 9.84 Å². The van der Waals surface area contributed by atoms with Crippen LogP contribution in [0.2, 0.25) is 0 Å². The van der Waals surface area contributed by atoms with Crippen LogP contribution < -0.4 is 0 Å². The molecular formula is C16H18O4S. The average Bonchev–Trinajstić information content (AvgIpc) is 2.38. The topological polar surface area (TPSA) is 74.6 Å². The zero-order chi connectivity index (χ0) is 15.9. The van der Waals surface area contributed by atoms with Crippen molar-refractivity contribution in [2.75, 3.05) is 0 Å². The molecule has 0 unspecified atom stereocenters. The smallest absolute Gasteiger partial charge is 0.210 e. The van der Waals surface area contributed by atoms with E-state index in [4.69, 9.17) is 0 Å². The Kier molecular flexibility index (Phi) is 3.72. The molecule has 0 heterocycles. The number of aryl methyl sites for hydroxylation is 3. The van der Waals surface area contributed by atoms with Gasteiger partial charge < -0.3 is 10.2 Å². The standard InChI is InChI=1S/C16H18O4S/c1-9-5-6-13(17)16(12(9)4)21(19,20)15-8-14(18)10(2)7-11(15)3/h5-8,17-18H,1-4H3. The van der Waals surface area contributed by atoms with Gasteiger partial charge in [0.05, 0.1) is 4.90 Å². The molecule has 0 bridgehead atoms. The zero-order valence-corrected chi connectivity index (χ0v) is 13.2. The van der Waals surface area contributed by atoms with E-state index in [-0.39, 0.29) is 21.3 Å². The summed E-state index contributed by atoms with van der Waals surface area (Å²) in [6.07, 6.45) is 0. The first-order valence-electron chi connectivity index (χ1n) is 6.50. The Balaban J connectivity index is 2.81. The molecule has 0 radical (unpaired) electrons. The van der Waals surface area contributed by atoms with Crippen LogP contribution in [0.25, 0.3) is 0 Å². The Hall–Kier alpha value is -2.01. The van der Waals surface area contributed by atoms with Crippen LogP contribution in [0.5, 0.6) is 11.5 Å². The van der Waals surface area contributed by atoms with Crippen LogP contribution in [0.3, 0.4) is 0 Å². The van der Waals surface area contributed by atoms with Crippen molar-refractivity contribution in [1.82, 2.24) is 0 Å². The van der Waals surface area contributed by atoms with Gasteiger partial charge in [-0.1, -0.05) is 12.1 Å². The third-order valence-electron chi connectivity index (χ3n) is 3.71. The second-order valence-corrected chi connectivity index (χ2v) is 7.12. The predicted octanol–water partition coefficient (Wildman–Crippen LogP) is 3.16. The van der Waals surface area contributed by atoms with E-state index in [0.29, 0.717) is 16.7 Å². The summed E-state index contributed by atoms with van der Waals surface area (Å²) in [5.74, 6) is -0.360. The number of aromatic hydroxyl groups is 2. The van der Waals surface area contributed by atoms with Gasteiger partial charge in [-0.2, -0.15) is 0 Å². The Morgan fingerprint density at radius 1 is 0.810 bits per heavy atom. The number of rotatable bonds is 2. The largest absolute Gasteiger partial charge is 0.508 e. The summed E-state index contributed by atoms with van der Waals surface area (Å²) in [6, 6.07) is 5.90. The van der Waals surface area contributed by atoms with Crippen LogP contribution in [0, 0.1) is 27.7 Å². The molecule has 112 valence electrons. The molecule has 0 atom stereocenters. The number of hydrogen-bond donors (Lipinski definition) is 2. The van der Waals surface area contributed by atoms with Gasteiger partial charge in [-0.05, 0) is 62.1 Å². The van der Waals surface area contributed by atoms with Crippen molar-refractivity contribution in [2.24, 2.45) is 0 Å². The zero-order valence-electron chi connectivity index (χ0n) is 12.4. The minimum atomic E-state index is -3.90. The van der Waals surface area contributed by atoms with Gasteiger partial charge in [-0.25, -0.2) is 8.42 Å². The van der Waals surface area contributed by atoms with Crippen LogP contribution in [0.4, 0.5) is 0 Å². The van der Waals surface area contributed by atoms with Crippen LogP contribution in [0.1, 0.15) is 22.3 Å². The van der Waals surface area contributed by atoms with Gasteiger partial charge in [0, 0.05) is 0 Å². The van der Waals surface area contributed by atoms with E-state index in [0.717, 1.165) is 5.56 Å². The van der Waals surface area contributed by atoms with Gasteiger partial charge in [-0.3, -0.25) is 0 Å². The average molecular weight is 306 g/mol. The molecule has 0 aliphatic rings. The number of benzene rings is 2. The third kappa shape index (κ3) is 2.49. The maximum absolute atomic E-state index is 12.8. The van der Waals surface area contributed by atoms with Crippen molar-refractivity contribution in [3.8, 4) is 11.5 Å². The molecule has 0 amide bonds. The van der Waals surface area contributed by atoms with E-state index in [1.54, 1.807) is 39.8 Å². The molecule has 21 heavy (non-hydrogen) atoms. The summed E-state index contributed by atoms with van der Waals surface area (Å²) >= 11 is 0. The molecule has 0 saturated heterocycles. The molecule has 5 heteroatoms. The summed E-state index contributed by atoms with van der Waals surface area (Å²) in [7, 11) is -3.90. The van der Waals surface area contributed by atoms with Gasteiger partial charge >= 0.3 is 0 Å². The Labute approximate surface area is 124 Å². The maximum atomic E-state index is 12.8. The van der Waals surface area contributed by atoms with Crippen molar-refractivity contribution >= 4 is 9.84 Å². The highest BCUT2D eigenvalue weighted by molar-refractivity contribution is 7.91. The summed E-state index contributed by atoms with van der Waals surface area (Å²) in [4.78, 5) is -0.0940. The molecule has 2 N–H and O–H groups in total. The van der Waals surface area contributed by atoms with Crippen LogP contribution >= 0.6 is 0 Å². The summed E-state index contributed by atoms with van der Waals surface area (Å²) < 4.78 is 25.7. The van der Waals surface area contributed by atoms with E-state index in [1.807, 2.05) is 0 Å². The second-order valence-electron chi connectivity index (χ2n) is 5.26. The molecular weight excluding hydrogens is 288 g/mol. The molecule has 0 aliphatic heterocycles. The molecule has 2 rings (SSSR count). The SMILES string of the molecule is Cc1cc(C)c(S(=O)(=O)c2c(O)ccc(C)c2C)cc1O. The van der Waals surface area contributed by atoms with Crippen molar-refractivity contribution in [3.63, 3.8) is 0 Å². The lowest BCUT2D eigenvalue weighted by molar-refractivity contribution is 0.456. The third-order valence-corrected chi connectivity index (χ3v) is 5.78. The first-order chi connectivity index (χ1) is 9.66. The first kappa shape index (κ1) is 15.4. The molecule has 0 spiro atoms. The molecule has 0 aliphatic carbocycles. The summed E-state index contributed by atoms with van der Waals surface area (Å²) in [5, 5.41) is 19.8. The van der Waals surface area contributed by atoms with Crippen LogP contribution in [0.15, 0.2) is 34.1 Å². The van der Waals surface area contributed by atoms with E-state index >= 15 is 0 Å². The van der Waals surface area contributed by atoms with E-state index in [1.165, 1.54) is 12.1 Å². The molecule has 0 fully saturated rings. The van der Waals surface area contributed by atoms with Crippen molar-refractivity contribution < 1.29 is 18.6 Å². The lowest BCUT2D eigenvalue weighted by Crippen LogP contribution is -2.07. The quantitative estimate of drug-likeness (QED) is 0.893. The van der Waals surface area contributed by atoms with E-state index in [9.17, 15) is 18.6 Å². The van der Waals surface area contributed by atoms with Gasteiger partial charge in [0.2, 0.25) is 9.84 Å². The van der Waals surface area contributed by atoms with Crippen LogP contribution in [-0.4, -0.2) is 18.6 Å². The minimum Gasteiger partial charge on any atom is -0.508 e. The maximum Gasteiger partial charge on any atom is 0.210 e. The fourth-order valence-electron chi connectivity index (χ4n) is 2.34. The summed E-state index contributed by atoms with van der Waals surface area (Å²) in [5.41, 5.74) is 2.43. The number of phenols is 2. The first-order valence-corrected chi connectivity index (χ1v) is 7.99. The number of hydrogen-bond acceptors (Lipinski definition) is 4.